The molecule has 1 rings (SSSR count). The van der Waals surface area contributed by atoms with Crippen molar-refractivity contribution in [3.05, 3.63) is 0 Å². The standard InChI is InChI=1S/C14H30N2O/c1-3-9-15-10-5-4-6-11-16-12-7-8-14(13-16)17-2/h14-15H,3-13H2,1-2H3. The molecule has 102 valence electrons. The number of methoxy groups -OCH3 is 1. The van der Waals surface area contributed by atoms with Crippen molar-refractivity contribution in [2.75, 3.05) is 39.8 Å². The molecule has 3 heteroatoms. The van der Waals surface area contributed by atoms with Crippen LogP contribution in [-0.4, -0.2) is 50.8 Å². The Morgan fingerprint density at radius 2 is 2.12 bits per heavy atom. The van der Waals surface area contributed by atoms with Gasteiger partial charge in [-0.1, -0.05) is 13.3 Å². The summed E-state index contributed by atoms with van der Waals surface area (Å²) in [4.78, 5) is 2.57. The number of likely N-dealkylation sites (tertiary alicyclic amines) is 1. The highest BCUT2D eigenvalue weighted by Gasteiger charge is 2.18. The molecule has 0 aliphatic carbocycles. The van der Waals surface area contributed by atoms with Crippen molar-refractivity contribution in [1.82, 2.24) is 10.2 Å². The number of nitrogens with zero attached hydrogens (tertiary/aromatic N) is 1. The van der Waals surface area contributed by atoms with Crippen LogP contribution in [0.4, 0.5) is 0 Å². The lowest BCUT2D eigenvalue weighted by molar-refractivity contribution is 0.0309. The molecule has 0 aromatic rings. The molecule has 0 spiro atoms. The zero-order valence-corrected chi connectivity index (χ0v) is 11.7. The van der Waals surface area contributed by atoms with E-state index in [1.165, 1.54) is 64.7 Å². The maximum Gasteiger partial charge on any atom is 0.0698 e. The molecule has 1 fully saturated rings. The van der Waals surface area contributed by atoms with Gasteiger partial charge in [-0.2, -0.15) is 0 Å². The molecule has 1 N–H and O–H groups in total. The SMILES string of the molecule is CCCNCCCCCN1CCCC(OC)C1. The summed E-state index contributed by atoms with van der Waals surface area (Å²) < 4.78 is 5.44. The van der Waals surface area contributed by atoms with Gasteiger partial charge in [0.05, 0.1) is 6.10 Å². The maximum absolute atomic E-state index is 5.44. The average Bonchev–Trinajstić information content (AvgIpc) is 2.38. The highest BCUT2D eigenvalue weighted by molar-refractivity contribution is 4.72. The van der Waals surface area contributed by atoms with Gasteiger partial charge in [-0.05, 0) is 58.3 Å². The molecule has 0 radical (unpaired) electrons. The number of unbranched alkanes of at least 4 members (excludes halogenated alkanes) is 2. The lowest BCUT2D eigenvalue weighted by Gasteiger charge is -2.31. The molecule has 0 aromatic carbocycles. The lowest BCUT2D eigenvalue weighted by Crippen LogP contribution is -2.39. The van der Waals surface area contributed by atoms with Gasteiger partial charge >= 0.3 is 0 Å². The molecule has 0 amide bonds. The van der Waals surface area contributed by atoms with E-state index in [4.69, 9.17) is 4.74 Å². The van der Waals surface area contributed by atoms with Crippen LogP contribution in [0.5, 0.6) is 0 Å². The maximum atomic E-state index is 5.44. The van der Waals surface area contributed by atoms with Gasteiger partial charge in [0, 0.05) is 13.7 Å². The Bertz CT molecular complexity index is 176. The van der Waals surface area contributed by atoms with Gasteiger partial charge < -0.3 is 15.0 Å². The summed E-state index contributed by atoms with van der Waals surface area (Å²) in [6.07, 6.45) is 8.28. The Labute approximate surface area is 107 Å². The fourth-order valence-electron chi connectivity index (χ4n) is 2.47. The number of ether oxygens (including phenoxy) is 1. The van der Waals surface area contributed by atoms with E-state index in [0.29, 0.717) is 6.10 Å². The minimum Gasteiger partial charge on any atom is -0.380 e. The second kappa shape index (κ2) is 9.86. The highest BCUT2D eigenvalue weighted by Crippen LogP contribution is 2.13. The predicted octanol–water partition coefficient (Wildman–Crippen LogP) is 2.27. The quantitative estimate of drug-likeness (QED) is 0.628. The van der Waals surface area contributed by atoms with Crippen LogP contribution in [0.1, 0.15) is 45.4 Å². The Morgan fingerprint density at radius 3 is 2.88 bits per heavy atom. The van der Waals surface area contributed by atoms with E-state index in [1.807, 2.05) is 7.11 Å². The van der Waals surface area contributed by atoms with Crippen LogP contribution in [0.2, 0.25) is 0 Å². The van der Waals surface area contributed by atoms with E-state index < -0.39 is 0 Å². The normalized spacial score (nSPS) is 21.9. The highest BCUT2D eigenvalue weighted by atomic mass is 16.5. The number of rotatable bonds is 9. The van der Waals surface area contributed by atoms with Crippen LogP contribution in [0.25, 0.3) is 0 Å². The average molecular weight is 242 g/mol. The molecule has 0 saturated carbocycles. The van der Waals surface area contributed by atoms with Crippen LogP contribution in [0.15, 0.2) is 0 Å². The second-order valence-corrected chi connectivity index (χ2v) is 5.11. The molecule has 1 heterocycles. The van der Waals surface area contributed by atoms with Gasteiger partial charge in [0.2, 0.25) is 0 Å². The molecule has 1 aliphatic rings. The molecule has 0 aromatic heterocycles. The molecule has 3 nitrogen and oxygen atoms in total. The number of hydrogen-bond acceptors (Lipinski definition) is 3. The van der Waals surface area contributed by atoms with Crippen molar-refractivity contribution in [1.29, 1.82) is 0 Å². The Balaban J connectivity index is 1.91. The Hall–Kier alpha value is -0.120. The topological polar surface area (TPSA) is 24.5 Å². The summed E-state index contributed by atoms with van der Waals surface area (Å²) in [6.45, 7) is 8.25. The third-order valence-electron chi connectivity index (χ3n) is 3.55. The van der Waals surface area contributed by atoms with E-state index >= 15 is 0 Å². The van der Waals surface area contributed by atoms with E-state index in [0.717, 1.165) is 6.54 Å². The smallest absolute Gasteiger partial charge is 0.0698 e. The van der Waals surface area contributed by atoms with Crippen molar-refractivity contribution >= 4 is 0 Å². The third kappa shape index (κ3) is 7.02. The first kappa shape index (κ1) is 14.9. The molecule has 1 aliphatic heterocycles. The first-order chi connectivity index (χ1) is 8.36. The molecule has 1 unspecified atom stereocenters. The van der Waals surface area contributed by atoms with Crippen molar-refractivity contribution in [2.24, 2.45) is 0 Å². The molecule has 1 atom stereocenters. The fourth-order valence-corrected chi connectivity index (χ4v) is 2.47. The zero-order chi connectivity index (χ0) is 12.3. The second-order valence-electron chi connectivity index (χ2n) is 5.11. The van der Waals surface area contributed by atoms with Gasteiger partial charge in [-0.25, -0.2) is 0 Å². The van der Waals surface area contributed by atoms with Crippen LogP contribution < -0.4 is 5.32 Å². The van der Waals surface area contributed by atoms with Crippen molar-refractivity contribution < 1.29 is 4.74 Å². The molecular weight excluding hydrogens is 212 g/mol. The molecule has 1 saturated heterocycles. The van der Waals surface area contributed by atoms with Crippen LogP contribution in [0, 0.1) is 0 Å². The molecule has 17 heavy (non-hydrogen) atoms. The van der Waals surface area contributed by atoms with E-state index in [9.17, 15) is 0 Å². The zero-order valence-electron chi connectivity index (χ0n) is 11.7. The van der Waals surface area contributed by atoms with Crippen LogP contribution >= 0.6 is 0 Å². The van der Waals surface area contributed by atoms with Crippen molar-refractivity contribution in [3.63, 3.8) is 0 Å². The number of hydrogen-bond donors (Lipinski definition) is 1. The van der Waals surface area contributed by atoms with Crippen molar-refractivity contribution in [3.8, 4) is 0 Å². The lowest BCUT2D eigenvalue weighted by atomic mass is 10.1. The van der Waals surface area contributed by atoms with Crippen LogP contribution in [0.3, 0.4) is 0 Å². The van der Waals surface area contributed by atoms with Crippen molar-refractivity contribution in [2.45, 2.75) is 51.6 Å². The minimum atomic E-state index is 0.481. The minimum absolute atomic E-state index is 0.481. The van der Waals surface area contributed by atoms with Gasteiger partial charge in [0.1, 0.15) is 0 Å². The number of nitrogens with one attached hydrogen (secondary N) is 1. The first-order valence-electron chi connectivity index (χ1n) is 7.32. The van der Waals surface area contributed by atoms with E-state index in [-0.39, 0.29) is 0 Å². The summed E-state index contributed by atoms with van der Waals surface area (Å²) in [5, 5.41) is 3.46. The largest absolute Gasteiger partial charge is 0.380 e. The first-order valence-corrected chi connectivity index (χ1v) is 7.32. The predicted molar refractivity (Wildman–Crippen MR) is 73.5 cm³/mol. The van der Waals surface area contributed by atoms with Gasteiger partial charge in [-0.3, -0.25) is 0 Å². The van der Waals surface area contributed by atoms with Gasteiger partial charge in [-0.15, -0.1) is 0 Å². The van der Waals surface area contributed by atoms with E-state index in [1.54, 1.807) is 0 Å². The summed E-state index contributed by atoms with van der Waals surface area (Å²) in [5.74, 6) is 0. The summed E-state index contributed by atoms with van der Waals surface area (Å²) >= 11 is 0. The summed E-state index contributed by atoms with van der Waals surface area (Å²) in [7, 11) is 1.84. The van der Waals surface area contributed by atoms with Gasteiger partial charge in [0.15, 0.2) is 0 Å². The molecule has 0 bridgehead atoms. The fraction of sp³-hybridized carbons (Fsp3) is 1.00. The molecular formula is C14H30N2O. The summed E-state index contributed by atoms with van der Waals surface area (Å²) in [6, 6.07) is 0. The number of piperidine rings is 1. The van der Waals surface area contributed by atoms with Crippen LogP contribution in [-0.2, 0) is 4.74 Å². The van der Waals surface area contributed by atoms with E-state index in [2.05, 4.69) is 17.1 Å². The Kier molecular flexibility index (Phi) is 8.67. The van der Waals surface area contributed by atoms with Gasteiger partial charge in [0.25, 0.3) is 0 Å². The summed E-state index contributed by atoms with van der Waals surface area (Å²) in [5.41, 5.74) is 0. The monoisotopic (exact) mass is 242 g/mol. The Morgan fingerprint density at radius 1 is 1.24 bits per heavy atom. The third-order valence-corrected chi connectivity index (χ3v) is 3.55.